The van der Waals surface area contributed by atoms with E-state index in [1.807, 2.05) is 55.5 Å². The molecule has 4 rings (SSSR count). The molecule has 1 aliphatic heterocycles. The molecule has 27 heavy (non-hydrogen) atoms. The van der Waals surface area contributed by atoms with Crippen molar-refractivity contribution in [3.63, 3.8) is 0 Å². The van der Waals surface area contributed by atoms with Gasteiger partial charge in [0.2, 0.25) is 0 Å². The van der Waals surface area contributed by atoms with Crippen LogP contribution in [0.15, 0.2) is 59.9 Å². The topological polar surface area (TPSA) is 56.1 Å². The third kappa shape index (κ3) is 4.01. The van der Waals surface area contributed by atoms with Crippen LogP contribution in [0.3, 0.4) is 0 Å². The summed E-state index contributed by atoms with van der Waals surface area (Å²) in [6, 6.07) is 15.4. The van der Waals surface area contributed by atoms with E-state index < -0.39 is 6.10 Å². The van der Waals surface area contributed by atoms with Crippen molar-refractivity contribution in [3.8, 4) is 17.0 Å². The number of ether oxygens (including phenoxy) is 1. The quantitative estimate of drug-likeness (QED) is 0.715. The van der Waals surface area contributed by atoms with Gasteiger partial charge in [-0.2, -0.15) is 0 Å². The number of fused-ring (bicyclic) bond motifs is 1. The number of hydrogen-bond acceptors (Lipinski definition) is 4. The molecule has 0 saturated heterocycles. The Hall–Kier alpha value is -2.73. The number of nitrogens with zero attached hydrogens (tertiary/aromatic N) is 2. The number of nitrogens with one attached hydrogen (secondary N) is 1. The van der Waals surface area contributed by atoms with Gasteiger partial charge in [0.1, 0.15) is 5.75 Å². The highest BCUT2D eigenvalue weighted by atomic mass is 32.2. The number of hydrogen-bond donors (Lipinski definition) is 1. The summed E-state index contributed by atoms with van der Waals surface area (Å²) in [5.74, 6) is 1.59. The highest BCUT2D eigenvalue weighted by Gasteiger charge is 2.17. The predicted molar refractivity (Wildman–Crippen MR) is 108 cm³/mol. The molecule has 1 unspecified atom stereocenters. The predicted octanol–water partition coefficient (Wildman–Crippen LogP) is 4.37. The van der Waals surface area contributed by atoms with Gasteiger partial charge < -0.3 is 14.6 Å². The largest absolute Gasteiger partial charge is 0.481 e. The van der Waals surface area contributed by atoms with Crippen LogP contribution in [-0.4, -0.2) is 27.3 Å². The van der Waals surface area contributed by atoms with Gasteiger partial charge in [0.25, 0.3) is 5.91 Å². The molecular formula is C21H21N3O2S. The van der Waals surface area contributed by atoms with Crippen LogP contribution in [-0.2, 0) is 11.3 Å². The molecule has 138 valence electrons. The molecule has 1 atom stereocenters. The highest BCUT2D eigenvalue weighted by molar-refractivity contribution is 7.99. The zero-order valence-electron chi connectivity index (χ0n) is 15.3. The fourth-order valence-corrected chi connectivity index (χ4v) is 3.94. The normalized spacial score (nSPS) is 13.9. The van der Waals surface area contributed by atoms with E-state index in [9.17, 15) is 4.79 Å². The average Bonchev–Trinajstić information content (AvgIpc) is 3.24. The second kappa shape index (κ2) is 7.48. The molecule has 2 heterocycles. The van der Waals surface area contributed by atoms with Gasteiger partial charge in [-0.3, -0.25) is 4.79 Å². The minimum atomic E-state index is -0.594. The Morgan fingerprint density at radius 3 is 2.93 bits per heavy atom. The van der Waals surface area contributed by atoms with E-state index in [2.05, 4.69) is 21.1 Å². The monoisotopic (exact) mass is 379 g/mol. The smallest absolute Gasteiger partial charge is 0.265 e. The Kier molecular flexibility index (Phi) is 4.90. The fraction of sp³-hybridized carbons (Fsp3) is 0.238. The first-order valence-corrected chi connectivity index (χ1v) is 9.92. The summed E-state index contributed by atoms with van der Waals surface area (Å²) in [7, 11) is 0. The Morgan fingerprint density at radius 1 is 1.26 bits per heavy atom. The Bertz CT molecular complexity index is 962. The van der Waals surface area contributed by atoms with Crippen molar-refractivity contribution in [3.05, 3.63) is 60.3 Å². The zero-order valence-corrected chi connectivity index (χ0v) is 16.1. The maximum atomic E-state index is 12.5. The lowest BCUT2D eigenvalue weighted by atomic mass is 10.1. The second-order valence-electron chi connectivity index (χ2n) is 6.60. The molecule has 1 N–H and O–H groups in total. The lowest BCUT2D eigenvalue weighted by Crippen LogP contribution is -2.30. The maximum Gasteiger partial charge on any atom is 0.265 e. The van der Waals surface area contributed by atoms with Crippen LogP contribution in [0, 0.1) is 6.92 Å². The van der Waals surface area contributed by atoms with Gasteiger partial charge in [-0.1, -0.05) is 36.0 Å². The molecule has 6 heteroatoms. The molecule has 0 spiro atoms. The molecular weight excluding hydrogens is 358 g/mol. The summed E-state index contributed by atoms with van der Waals surface area (Å²) < 4.78 is 7.92. The lowest BCUT2D eigenvalue weighted by Gasteiger charge is -2.15. The molecule has 3 aromatic rings. The Balaban J connectivity index is 1.45. The minimum Gasteiger partial charge on any atom is -0.481 e. The first kappa shape index (κ1) is 17.7. The third-order valence-corrected chi connectivity index (χ3v) is 5.37. The second-order valence-corrected chi connectivity index (χ2v) is 7.66. The lowest BCUT2D eigenvalue weighted by molar-refractivity contribution is -0.122. The molecule has 1 amide bonds. The fourth-order valence-electron chi connectivity index (χ4n) is 3.00. The Morgan fingerprint density at radius 2 is 2.11 bits per heavy atom. The van der Waals surface area contributed by atoms with Crippen molar-refractivity contribution in [1.82, 2.24) is 9.55 Å². The average molecular weight is 379 g/mol. The first-order valence-electron chi connectivity index (χ1n) is 8.93. The number of benzene rings is 2. The van der Waals surface area contributed by atoms with Crippen LogP contribution in [0.2, 0.25) is 0 Å². The number of aryl methyl sites for hydroxylation is 2. The van der Waals surface area contributed by atoms with E-state index in [-0.39, 0.29) is 5.91 Å². The van der Waals surface area contributed by atoms with Crippen molar-refractivity contribution in [1.29, 1.82) is 0 Å². The van der Waals surface area contributed by atoms with Crippen molar-refractivity contribution >= 4 is 23.4 Å². The van der Waals surface area contributed by atoms with Crippen LogP contribution in [0.4, 0.5) is 5.69 Å². The van der Waals surface area contributed by atoms with Crippen molar-refractivity contribution < 1.29 is 9.53 Å². The molecule has 0 radical (unpaired) electrons. The summed E-state index contributed by atoms with van der Waals surface area (Å²) >= 11 is 1.77. The molecule has 1 aliphatic rings. The van der Waals surface area contributed by atoms with Crippen LogP contribution < -0.4 is 10.1 Å². The van der Waals surface area contributed by atoms with Gasteiger partial charge in [-0.15, -0.1) is 0 Å². The summed E-state index contributed by atoms with van der Waals surface area (Å²) in [5, 5.41) is 3.99. The Labute approximate surface area is 162 Å². The van der Waals surface area contributed by atoms with Crippen LogP contribution >= 0.6 is 11.8 Å². The number of carbonyl (C=O) groups is 1. The minimum absolute atomic E-state index is 0.184. The molecule has 5 nitrogen and oxygen atoms in total. The van der Waals surface area contributed by atoms with Gasteiger partial charge in [0.15, 0.2) is 11.3 Å². The van der Waals surface area contributed by atoms with Crippen LogP contribution in [0.5, 0.6) is 5.75 Å². The number of thioether (sulfide) groups is 1. The highest BCUT2D eigenvalue weighted by Crippen LogP contribution is 2.30. The molecule has 2 aromatic carbocycles. The van der Waals surface area contributed by atoms with Gasteiger partial charge >= 0.3 is 0 Å². The molecule has 0 bridgehead atoms. The molecule has 0 fully saturated rings. The summed E-state index contributed by atoms with van der Waals surface area (Å²) in [6.45, 7) is 4.74. The van der Waals surface area contributed by atoms with Crippen molar-refractivity contribution in [2.24, 2.45) is 0 Å². The summed E-state index contributed by atoms with van der Waals surface area (Å²) in [5.41, 5.74) is 3.75. The van der Waals surface area contributed by atoms with Crippen molar-refractivity contribution in [2.45, 2.75) is 31.7 Å². The first-order chi connectivity index (χ1) is 13.1. The van der Waals surface area contributed by atoms with E-state index in [1.54, 1.807) is 18.7 Å². The summed E-state index contributed by atoms with van der Waals surface area (Å²) in [6.07, 6.45) is 1.47. The van der Waals surface area contributed by atoms with Gasteiger partial charge in [-0.25, -0.2) is 4.98 Å². The maximum absolute atomic E-state index is 12.5. The number of amides is 1. The van der Waals surface area contributed by atoms with Gasteiger partial charge in [0, 0.05) is 29.7 Å². The zero-order chi connectivity index (χ0) is 18.8. The van der Waals surface area contributed by atoms with E-state index in [4.69, 9.17) is 4.74 Å². The van der Waals surface area contributed by atoms with Crippen LogP contribution in [0.25, 0.3) is 11.3 Å². The van der Waals surface area contributed by atoms with E-state index in [0.29, 0.717) is 5.75 Å². The standard InChI is InChI=1S/C21H21N3O2S/c1-14-5-3-8-18(11-14)26-15(2)20(25)22-17-7-4-6-16(12-17)19-13-24-9-10-27-21(24)23-19/h3-8,11-13,15H,9-10H2,1-2H3,(H,22,25). The molecule has 1 aromatic heterocycles. The number of carbonyl (C=O) groups excluding carboxylic acids is 1. The van der Waals surface area contributed by atoms with E-state index in [1.165, 1.54) is 0 Å². The number of anilines is 1. The van der Waals surface area contributed by atoms with Crippen molar-refractivity contribution in [2.75, 3.05) is 11.1 Å². The van der Waals surface area contributed by atoms with Gasteiger partial charge in [0.05, 0.1) is 5.69 Å². The SMILES string of the molecule is Cc1cccc(OC(C)C(=O)Nc2cccc(-c3cn4c(n3)SCC4)c2)c1. The van der Waals surface area contributed by atoms with E-state index >= 15 is 0 Å². The number of imidazole rings is 1. The number of rotatable bonds is 5. The van der Waals surface area contributed by atoms with Gasteiger partial charge in [-0.05, 0) is 43.7 Å². The van der Waals surface area contributed by atoms with Crippen LogP contribution in [0.1, 0.15) is 12.5 Å². The number of aromatic nitrogens is 2. The molecule has 0 saturated carbocycles. The third-order valence-electron chi connectivity index (χ3n) is 4.40. The van der Waals surface area contributed by atoms with E-state index in [0.717, 1.165) is 40.0 Å². The summed E-state index contributed by atoms with van der Waals surface area (Å²) in [4.78, 5) is 17.2. The molecule has 0 aliphatic carbocycles.